The molecule has 0 atom stereocenters. The lowest BCUT2D eigenvalue weighted by atomic mass is 10.2. The van der Waals surface area contributed by atoms with Crippen molar-refractivity contribution in [3.63, 3.8) is 0 Å². The number of phenolic OH excluding ortho intramolecular Hbond substituents is 1. The van der Waals surface area contributed by atoms with Crippen LogP contribution in [0, 0.1) is 0 Å². The monoisotopic (exact) mass is 241 g/mol. The second-order valence-corrected chi connectivity index (χ2v) is 4.14. The van der Waals surface area contributed by atoms with Gasteiger partial charge in [0.1, 0.15) is 5.75 Å². The van der Waals surface area contributed by atoms with E-state index in [-0.39, 0.29) is 11.3 Å². The number of aryl methyl sites for hydroxylation is 1. The Hall–Kier alpha value is -2.56. The summed E-state index contributed by atoms with van der Waals surface area (Å²) < 4.78 is 3.18. The Morgan fingerprint density at radius 3 is 2.83 bits per heavy atom. The number of pyridine rings is 1. The SMILES string of the molecule is Cn1cc(-n2ncc3ccc(O)cc32)ccc1=O. The number of nitrogens with zero attached hydrogens (tertiary/aromatic N) is 3. The molecule has 0 saturated heterocycles. The summed E-state index contributed by atoms with van der Waals surface area (Å²) in [4.78, 5) is 11.4. The number of fused-ring (bicyclic) bond motifs is 1. The minimum atomic E-state index is -0.0712. The Bertz CT molecular complexity index is 786. The third kappa shape index (κ3) is 1.57. The predicted octanol–water partition coefficient (Wildman–Crippen LogP) is 1.43. The van der Waals surface area contributed by atoms with Gasteiger partial charge in [0.05, 0.1) is 17.4 Å². The van der Waals surface area contributed by atoms with Crippen molar-refractivity contribution in [2.24, 2.45) is 7.05 Å². The van der Waals surface area contributed by atoms with Gasteiger partial charge in [-0.05, 0) is 18.2 Å². The van der Waals surface area contributed by atoms with Crippen LogP contribution in [0.25, 0.3) is 16.6 Å². The summed E-state index contributed by atoms with van der Waals surface area (Å²) in [6.45, 7) is 0. The van der Waals surface area contributed by atoms with E-state index in [0.29, 0.717) is 0 Å². The molecular formula is C13H11N3O2. The molecule has 2 heterocycles. The van der Waals surface area contributed by atoms with Crippen molar-refractivity contribution in [1.82, 2.24) is 14.3 Å². The van der Waals surface area contributed by atoms with Gasteiger partial charge in [-0.25, -0.2) is 4.68 Å². The summed E-state index contributed by atoms with van der Waals surface area (Å²) in [7, 11) is 1.69. The maximum absolute atomic E-state index is 11.4. The fourth-order valence-electron chi connectivity index (χ4n) is 1.92. The van der Waals surface area contributed by atoms with E-state index in [1.54, 1.807) is 48.4 Å². The molecule has 2 aromatic heterocycles. The van der Waals surface area contributed by atoms with E-state index in [9.17, 15) is 9.90 Å². The highest BCUT2D eigenvalue weighted by atomic mass is 16.3. The van der Waals surface area contributed by atoms with Crippen LogP contribution in [0.4, 0.5) is 0 Å². The lowest BCUT2D eigenvalue weighted by Gasteiger charge is -2.05. The first-order chi connectivity index (χ1) is 8.65. The number of aromatic hydroxyl groups is 1. The molecule has 1 N–H and O–H groups in total. The molecule has 0 amide bonds. The maximum atomic E-state index is 11.4. The van der Waals surface area contributed by atoms with Gasteiger partial charge in [0.2, 0.25) is 5.56 Å². The normalized spacial score (nSPS) is 10.9. The van der Waals surface area contributed by atoms with Crippen molar-refractivity contribution in [2.75, 3.05) is 0 Å². The molecule has 0 aliphatic rings. The second kappa shape index (κ2) is 3.73. The van der Waals surface area contributed by atoms with Crippen LogP contribution >= 0.6 is 0 Å². The molecular weight excluding hydrogens is 230 g/mol. The summed E-state index contributed by atoms with van der Waals surface area (Å²) in [5, 5.41) is 14.7. The summed E-state index contributed by atoms with van der Waals surface area (Å²) in [6.07, 6.45) is 3.43. The zero-order valence-corrected chi connectivity index (χ0v) is 9.74. The molecule has 0 aliphatic carbocycles. The zero-order valence-electron chi connectivity index (χ0n) is 9.74. The predicted molar refractivity (Wildman–Crippen MR) is 68.0 cm³/mol. The van der Waals surface area contributed by atoms with Gasteiger partial charge in [0, 0.05) is 30.8 Å². The minimum Gasteiger partial charge on any atom is -0.508 e. The highest BCUT2D eigenvalue weighted by Gasteiger charge is 2.06. The fraction of sp³-hybridized carbons (Fsp3) is 0.0769. The topological polar surface area (TPSA) is 60.1 Å². The van der Waals surface area contributed by atoms with Crippen LogP contribution in [-0.4, -0.2) is 19.5 Å². The first kappa shape index (κ1) is 10.6. The Morgan fingerprint density at radius 2 is 2.06 bits per heavy atom. The number of hydrogen-bond donors (Lipinski definition) is 1. The van der Waals surface area contributed by atoms with Crippen molar-refractivity contribution < 1.29 is 5.11 Å². The van der Waals surface area contributed by atoms with Crippen LogP contribution in [0.1, 0.15) is 0 Å². The first-order valence-corrected chi connectivity index (χ1v) is 5.49. The van der Waals surface area contributed by atoms with Gasteiger partial charge < -0.3 is 9.67 Å². The Kier molecular flexibility index (Phi) is 2.19. The molecule has 5 heteroatoms. The van der Waals surface area contributed by atoms with Gasteiger partial charge in [-0.1, -0.05) is 0 Å². The Labute approximate surface area is 103 Å². The van der Waals surface area contributed by atoms with Gasteiger partial charge in [-0.2, -0.15) is 5.10 Å². The third-order valence-corrected chi connectivity index (χ3v) is 2.87. The highest BCUT2D eigenvalue weighted by Crippen LogP contribution is 2.21. The van der Waals surface area contributed by atoms with Crippen molar-refractivity contribution in [3.8, 4) is 11.4 Å². The van der Waals surface area contributed by atoms with E-state index in [2.05, 4.69) is 5.10 Å². The molecule has 3 aromatic rings. The molecule has 0 radical (unpaired) electrons. The van der Waals surface area contributed by atoms with Crippen LogP contribution in [-0.2, 0) is 7.05 Å². The van der Waals surface area contributed by atoms with Crippen LogP contribution in [0.2, 0.25) is 0 Å². The van der Waals surface area contributed by atoms with Crippen molar-refractivity contribution in [2.45, 2.75) is 0 Å². The second-order valence-electron chi connectivity index (χ2n) is 4.14. The fourth-order valence-corrected chi connectivity index (χ4v) is 1.92. The highest BCUT2D eigenvalue weighted by molar-refractivity contribution is 5.81. The quantitative estimate of drug-likeness (QED) is 0.701. The summed E-state index contributed by atoms with van der Waals surface area (Å²) in [5.74, 6) is 0.189. The summed E-state index contributed by atoms with van der Waals surface area (Å²) >= 11 is 0. The van der Waals surface area contributed by atoms with E-state index in [1.807, 2.05) is 0 Å². The standard InChI is InChI=1S/C13H11N3O2/c1-15-8-10(3-5-13(15)18)16-12-6-11(17)4-2-9(12)7-14-16/h2-8,17H,1H3. The van der Waals surface area contributed by atoms with E-state index in [4.69, 9.17) is 0 Å². The van der Waals surface area contributed by atoms with Crippen molar-refractivity contribution in [1.29, 1.82) is 0 Å². The van der Waals surface area contributed by atoms with Gasteiger partial charge in [0.15, 0.2) is 0 Å². The molecule has 0 unspecified atom stereocenters. The lowest BCUT2D eigenvalue weighted by molar-refractivity contribution is 0.476. The summed E-state index contributed by atoms with van der Waals surface area (Å²) in [6, 6.07) is 8.27. The molecule has 5 nitrogen and oxygen atoms in total. The first-order valence-electron chi connectivity index (χ1n) is 5.49. The van der Waals surface area contributed by atoms with E-state index >= 15 is 0 Å². The molecule has 90 valence electrons. The van der Waals surface area contributed by atoms with Gasteiger partial charge in [0.25, 0.3) is 0 Å². The zero-order chi connectivity index (χ0) is 12.7. The number of aromatic nitrogens is 3. The van der Waals surface area contributed by atoms with E-state index < -0.39 is 0 Å². The number of benzene rings is 1. The number of phenols is 1. The molecule has 0 fully saturated rings. The van der Waals surface area contributed by atoms with Crippen LogP contribution < -0.4 is 5.56 Å². The average molecular weight is 241 g/mol. The van der Waals surface area contributed by atoms with Crippen LogP contribution in [0.5, 0.6) is 5.75 Å². The van der Waals surface area contributed by atoms with E-state index in [1.165, 1.54) is 10.6 Å². The molecule has 0 spiro atoms. The Morgan fingerprint density at radius 1 is 1.22 bits per heavy atom. The molecule has 1 aromatic carbocycles. The Balaban J connectivity index is 2.27. The van der Waals surface area contributed by atoms with Crippen LogP contribution in [0.15, 0.2) is 47.5 Å². The smallest absolute Gasteiger partial charge is 0.250 e. The average Bonchev–Trinajstić information content (AvgIpc) is 2.75. The van der Waals surface area contributed by atoms with E-state index in [0.717, 1.165) is 16.6 Å². The number of rotatable bonds is 1. The molecule has 0 saturated carbocycles. The van der Waals surface area contributed by atoms with Gasteiger partial charge in [-0.3, -0.25) is 4.79 Å². The maximum Gasteiger partial charge on any atom is 0.250 e. The molecule has 3 rings (SSSR count). The lowest BCUT2D eigenvalue weighted by Crippen LogP contribution is -2.15. The molecule has 0 bridgehead atoms. The third-order valence-electron chi connectivity index (χ3n) is 2.87. The summed E-state index contributed by atoms with van der Waals surface area (Å²) in [5.41, 5.74) is 1.50. The van der Waals surface area contributed by atoms with Gasteiger partial charge in [-0.15, -0.1) is 0 Å². The van der Waals surface area contributed by atoms with Crippen molar-refractivity contribution >= 4 is 10.9 Å². The minimum absolute atomic E-state index is 0.0712. The van der Waals surface area contributed by atoms with Crippen molar-refractivity contribution in [3.05, 3.63) is 53.1 Å². The molecule has 0 aliphatic heterocycles. The molecule has 18 heavy (non-hydrogen) atoms. The number of hydrogen-bond acceptors (Lipinski definition) is 3. The van der Waals surface area contributed by atoms with Crippen LogP contribution in [0.3, 0.4) is 0 Å². The largest absolute Gasteiger partial charge is 0.508 e. The van der Waals surface area contributed by atoms with Gasteiger partial charge >= 0.3 is 0 Å².